The van der Waals surface area contributed by atoms with E-state index in [0.29, 0.717) is 0 Å². The van der Waals surface area contributed by atoms with Gasteiger partial charge in [0.1, 0.15) is 11.8 Å². The summed E-state index contributed by atoms with van der Waals surface area (Å²) in [5.74, 6) is 0. The monoisotopic (exact) mass is 181 g/mol. The molecule has 0 fully saturated rings. The number of nitrogens with two attached hydrogens (primary N) is 1. The van der Waals surface area contributed by atoms with Crippen molar-refractivity contribution in [2.75, 3.05) is 5.73 Å². The van der Waals surface area contributed by atoms with Gasteiger partial charge in [-0.2, -0.15) is 5.26 Å². The Morgan fingerprint density at radius 3 is 2.83 bits per heavy atom. The van der Waals surface area contributed by atoms with Crippen molar-refractivity contribution in [2.45, 2.75) is 0 Å². The second kappa shape index (κ2) is 3.20. The van der Waals surface area contributed by atoms with Gasteiger partial charge in [-0.05, 0) is 17.7 Å². The van der Waals surface area contributed by atoms with Crippen molar-refractivity contribution in [3.05, 3.63) is 23.5 Å². The van der Waals surface area contributed by atoms with Gasteiger partial charge in [-0.1, -0.05) is 0 Å². The van der Waals surface area contributed by atoms with Crippen molar-refractivity contribution in [3.8, 4) is 6.07 Å². The highest BCUT2D eigenvalue weighted by atomic mass is 35.5. The van der Waals surface area contributed by atoms with E-state index >= 15 is 0 Å². The minimum atomic E-state index is -0.689. The highest BCUT2D eigenvalue weighted by Crippen LogP contribution is 2.11. The number of hydrogen-bond acceptors (Lipinski definition) is 4. The third-order valence-corrected chi connectivity index (χ3v) is 1.45. The van der Waals surface area contributed by atoms with E-state index in [9.17, 15) is 4.79 Å². The van der Waals surface area contributed by atoms with Crippen LogP contribution >= 0.6 is 11.6 Å². The average Bonchev–Trinajstić information content (AvgIpc) is 2.04. The van der Waals surface area contributed by atoms with Gasteiger partial charge in [0.2, 0.25) is 0 Å². The molecule has 1 aromatic rings. The number of anilines is 1. The van der Waals surface area contributed by atoms with Crippen LogP contribution in [-0.4, -0.2) is 10.2 Å². The quantitative estimate of drug-likeness (QED) is 0.654. The van der Waals surface area contributed by atoms with Crippen LogP contribution in [0.2, 0.25) is 0 Å². The predicted molar refractivity (Wildman–Crippen MR) is 43.5 cm³/mol. The van der Waals surface area contributed by atoms with Crippen LogP contribution in [0, 0.1) is 11.3 Å². The molecule has 0 unspecified atom stereocenters. The number of carbonyl (C=O) groups is 1. The smallest absolute Gasteiger partial charge is 0.270 e. The summed E-state index contributed by atoms with van der Waals surface area (Å²) in [6, 6.07) is 3.09. The van der Waals surface area contributed by atoms with Crippen LogP contribution in [0.15, 0.2) is 12.3 Å². The number of nitrogen functional groups attached to an aromatic ring is 1. The molecule has 1 aromatic heterocycles. The van der Waals surface area contributed by atoms with E-state index in [1.165, 1.54) is 12.3 Å². The van der Waals surface area contributed by atoms with Crippen LogP contribution in [0.3, 0.4) is 0 Å². The summed E-state index contributed by atoms with van der Waals surface area (Å²) in [7, 11) is 0. The third-order valence-electron chi connectivity index (χ3n) is 1.26. The summed E-state index contributed by atoms with van der Waals surface area (Å²) in [6.07, 6.45) is 1.21. The van der Waals surface area contributed by atoms with E-state index < -0.39 is 5.24 Å². The molecule has 0 aliphatic rings. The topological polar surface area (TPSA) is 79.8 Å². The molecular weight excluding hydrogens is 178 g/mol. The van der Waals surface area contributed by atoms with Gasteiger partial charge in [-0.25, -0.2) is 0 Å². The van der Waals surface area contributed by atoms with Gasteiger partial charge in [-0.3, -0.25) is 9.78 Å². The fraction of sp³-hybridized carbons (Fsp3) is 0. The molecule has 12 heavy (non-hydrogen) atoms. The van der Waals surface area contributed by atoms with Gasteiger partial charge in [-0.15, -0.1) is 0 Å². The average molecular weight is 182 g/mol. The summed E-state index contributed by atoms with van der Waals surface area (Å²) in [4.78, 5) is 14.2. The Hall–Kier alpha value is -1.60. The van der Waals surface area contributed by atoms with Crippen molar-refractivity contribution in [2.24, 2.45) is 0 Å². The molecular formula is C7H4ClN3O. The maximum Gasteiger partial charge on any atom is 0.270 e. The van der Waals surface area contributed by atoms with Crippen LogP contribution in [0.5, 0.6) is 0 Å². The molecule has 0 saturated heterocycles. The molecule has 0 atom stereocenters. The number of halogens is 1. The lowest BCUT2D eigenvalue weighted by atomic mass is 10.2. The molecule has 1 heterocycles. The lowest BCUT2D eigenvalue weighted by Gasteiger charge is -1.96. The van der Waals surface area contributed by atoms with Crippen molar-refractivity contribution in [1.82, 2.24) is 4.98 Å². The van der Waals surface area contributed by atoms with E-state index in [1.807, 2.05) is 6.07 Å². The summed E-state index contributed by atoms with van der Waals surface area (Å²) in [5, 5.41) is 7.77. The van der Waals surface area contributed by atoms with Gasteiger partial charge in [0, 0.05) is 6.20 Å². The molecule has 60 valence electrons. The molecule has 2 N–H and O–H groups in total. The van der Waals surface area contributed by atoms with E-state index in [1.54, 1.807) is 0 Å². The molecule has 0 aliphatic heterocycles. The maximum absolute atomic E-state index is 10.6. The van der Waals surface area contributed by atoms with Gasteiger partial charge in [0.15, 0.2) is 0 Å². The molecule has 5 heteroatoms. The Kier molecular flexibility index (Phi) is 2.26. The normalized spacial score (nSPS) is 9.00. The van der Waals surface area contributed by atoms with Crippen LogP contribution in [0.25, 0.3) is 0 Å². The molecule has 0 radical (unpaired) electrons. The summed E-state index contributed by atoms with van der Waals surface area (Å²) >= 11 is 5.13. The first-order chi connectivity index (χ1) is 5.65. The lowest BCUT2D eigenvalue weighted by molar-refractivity contribution is 0.107. The Morgan fingerprint density at radius 2 is 2.42 bits per heavy atom. The zero-order chi connectivity index (χ0) is 9.14. The maximum atomic E-state index is 10.6. The first kappa shape index (κ1) is 8.50. The van der Waals surface area contributed by atoms with E-state index in [0.717, 1.165) is 0 Å². The highest BCUT2D eigenvalue weighted by molar-refractivity contribution is 6.67. The van der Waals surface area contributed by atoms with Crippen molar-refractivity contribution in [1.29, 1.82) is 5.26 Å². The fourth-order valence-corrected chi connectivity index (χ4v) is 0.775. The number of carbonyl (C=O) groups excluding carboxylic acids is 1. The number of hydrogen-bond donors (Lipinski definition) is 1. The van der Waals surface area contributed by atoms with Gasteiger partial charge in [0.25, 0.3) is 5.24 Å². The summed E-state index contributed by atoms with van der Waals surface area (Å²) in [6.45, 7) is 0. The van der Waals surface area contributed by atoms with E-state index in [2.05, 4.69) is 4.98 Å². The fourth-order valence-electron chi connectivity index (χ4n) is 0.672. The number of pyridine rings is 1. The van der Waals surface area contributed by atoms with Gasteiger partial charge < -0.3 is 5.73 Å². The van der Waals surface area contributed by atoms with Gasteiger partial charge >= 0.3 is 0 Å². The zero-order valence-electron chi connectivity index (χ0n) is 5.91. The van der Waals surface area contributed by atoms with Crippen LogP contribution in [0.1, 0.15) is 16.1 Å². The Balaban J connectivity index is 3.21. The Bertz CT molecular complexity index is 369. The highest BCUT2D eigenvalue weighted by Gasteiger charge is 2.05. The Labute approximate surface area is 73.6 Å². The minimum Gasteiger partial charge on any atom is -0.398 e. The van der Waals surface area contributed by atoms with E-state index in [-0.39, 0.29) is 16.9 Å². The molecule has 4 nitrogen and oxygen atoms in total. The van der Waals surface area contributed by atoms with Crippen LogP contribution < -0.4 is 5.73 Å². The number of nitrogens with zero attached hydrogens (tertiary/aromatic N) is 2. The molecule has 0 spiro atoms. The number of rotatable bonds is 1. The largest absolute Gasteiger partial charge is 0.398 e. The van der Waals surface area contributed by atoms with E-state index in [4.69, 9.17) is 22.6 Å². The molecule has 0 amide bonds. The summed E-state index contributed by atoms with van der Waals surface area (Å²) in [5.41, 5.74) is 5.88. The van der Waals surface area contributed by atoms with Crippen molar-refractivity contribution in [3.63, 3.8) is 0 Å². The van der Waals surface area contributed by atoms with Crippen LogP contribution in [0.4, 0.5) is 5.69 Å². The first-order valence-corrected chi connectivity index (χ1v) is 3.38. The second-order valence-electron chi connectivity index (χ2n) is 2.04. The predicted octanol–water partition coefficient (Wildman–Crippen LogP) is 0.914. The van der Waals surface area contributed by atoms with Gasteiger partial charge in [0.05, 0.1) is 11.3 Å². The molecule has 0 bridgehead atoms. The number of nitriles is 1. The minimum absolute atomic E-state index is 0.0492. The first-order valence-electron chi connectivity index (χ1n) is 3.00. The SMILES string of the molecule is N#Cc1cnc(C(=O)Cl)cc1N. The van der Waals surface area contributed by atoms with Crippen molar-refractivity contribution < 1.29 is 4.79 Å². The molecule has 0 saturated carbocycles. The Morgan fingerprint density at radius 1 is 1.75 bits per heavy atom. The van der Waals surface area contributed by atoms with Crippen molar-refractivity contribution >= 4 is 22.5 Å². The third kappa shape index (κ3) is 1.52. The standard InChI is InChI=1S/C7H4ClN3O/c8-7(12)6-1-5(10)4(2-9)3-11-6/h1,3H,(H2,10,11). The number of aromatic nitrogens is 1. The second-order valence-corrected chi connectivity index (χ2v) is 2.39. The molecule has 0 aromatic carbocycles. The molecule has 1 rings (SSSR count). The van der Waals surface area contributed by atoms with Crippen LogP contribution in [-0.2, 0) is 0 Å². The summed E-state index contributed by atoms with van der Waals surface area (Å²) < 4.78 is 0. The zero-order valence-corrected chi connectivity index (χ0v) is 6.67. The molecule has 0 aliphatic carbocycles. The lowest BCUT2D eigenvalue weighted by Crippen LogP contribution is -1.98.